The number of benzene rings is 1. The summed E-state index contributed by atoms with van der Waals surface area (Å²) in [4.78, 5) is 8.47. The highest BCUT2D eigenvalue weighted by atomic mass is 127. The van der Waals surface area contributed by atoms with Crippen molar-refractivity contribution in [3.05, 3.63) is 58.8 Å². The number of para-hydroxylation sites is 1. The fourth-order valence-corrected chi connectivity index (χ4v) is 2.31. The molecule has 1 aromatic carbocycles. The van der Waals surface area contributed by atoms with E-state index in [0.717, 1.165) is 21.9 Å². The lowest BCUT2D eigenvalue weighted by Gasteiger charge is -2.18. The van der Waals surface area contributed by atoms with Gasteiger partial charge in [-0.05, 0) is 47.1 Å². The Hall–Kier alpha value is -1.35. The van der Waals surface area contributed by atoms with Crippen LogP contribution in [0.3, 0.4) is 0 Å². The smallest absolute Gasteiger partial charge is 0.191 e. The van der Waals surface area contributed by atoms with Gasteiger partial charge in [0.15, 0.2) is 5.96 Å². The van der Waals surface area contributed by atoms with Crippen LogP contribution in [0.15, 0.2) is 58.1 Å². The lowest BCUT2D eigenvalue weighted by molar-refractivity contribution is 0.222. The van der Waals surface area contributed by atoms with Crippen molar-refractivity contribution in [1.82, 2.24) is 15.6 Å². The molecule has 1 atom stereocenters. The van der Waals surface area contributed by atoms with Crippen molar-refractivity contribution in [3.63, 3.8) is 0 Å². The second-order valence-corrected chi connectivity index (χ2v) is 5.84. The zero-order valence-corrected chi connectivity index (χ0v) is 17.6. The Morgan fingerprint density at radius 1 is 1.21 bits per heavy atom. The molecule has 0 saturated heterocycles. The maximum atomic E-state index is 5.90. The van der Waals surface area contributed by atoms with E-state index in [0.29, 0.717) is 13.1 Å². The minimum absolute atomic E-state index is 0. The van der Waals surface area contributed by atoms with E-state index >= 15 is 0 Å². The van der Waals surface area contributed by atoms with Crippen molar-refractivity contribution >= 4 is 45.9 Å². The Bertz CT molecular complexity index is 639. The quantitative estimate of drug-likeness (QED) is 0.358. The van der Waals surface area contributed by atoms with Crippen LogP contribution in [0.25, 0.3) is 0 Å². The molecular weight excluding hydrogens is 483 g/mol. The normalized spacial score (nSPS) is 12.0. The van der Waals surface area contributed by atoms with Crippen LogP contribution >= 0.6 is 39.9 Å². The van der Waals surface area contributed by atoms with Crippen LogP contribution in [0.5, 0.6) is 5.75 Å². The molecule has 130 valence electrons. The molecule has 0 spiro atoms. The van der Waals surface area contributed by atoms with Gasteiger partial charge in [-0.25, -0.2) is 0 Å². The van der Waals surface area contributed by atoms with Gasteiger partial charge in [0.1, 0.15) is 11.9 Å². The number of hydrogen-bond acceptors (Lipinski definition) is 3. The number of halogens is 2. The summed E-state index contributed by atoms with van der Waals surface area (Å²) in [5, 5.41) is 6.48. The Labute approximate surface area is 168 Å². The molecule has 0 aliphatic heterocycles. The van der Waals surface area contributed by atoms with Crippen molar-refractivity contribution < 1.29 is 4.74 Å². The molecule has 5 nitrogen and oxygen atoms in total. The summed E-state index contributed by atoms with van der Waals surface area (Å²) in [6, 6.07) is 13.7. The number of aromatic nitrogens is 1. The van der Waals surface area contributed by atoms with E-state index in [1.807, 2.05) is 49.4 Å². The SMILES string of the molecule is CN=C(NCc1ccccn1)NCC(C)Oc1ccccc1Br.I. The standard InChI is InChI=1S/C17H21BrN4O.HI/c1-13(23-16-9-4-3-8-15(16)18)11-21-17(19-2)22-12-14-7-5-6-10-20-14;/h3-10,13H,11-12H2,1-2H3,(H2,19,21,22);1H. The van der Waals surface area contributed by atoms with Crippen LogP contribution in [0.1, 0.15) is 12.6 Å². The molecule has 0 bridgehead atoms. The van der Waals surface area contributed by atoms with E-state index < -0.39 is 0 Å². The lowest BCUT2D eigenvalue weighted by atomic mass is 10.3. The predicted molar refractivity (Wildman–Crippen MR) is 112 cm³/mol. The molecular formula is C17H22BrIN4O. The van der Waals surface area contributed by atoms with Gasteiger partial charge in [-0.2, -0.15) is 0 Å². The minimum atomic E-state index is 0. The highest BCUT2D eigenvalue weighted by Gasteiger charge is 2.08. The van der Waals surface area contributed by atoms with Crippen LogP contribution in [0.2, 0.25) is 0 Å². The largest absolute Gasteiger partial charge is 0.488 e. The highest BCUT2D eigenvalue weighted by Crippen LogP contribution is 2.24. The van der Waals surface area contributed by atoms with Crippen molar-refractivity contribution in [2.75, 3.05) is 13.6 Å². The molecule has 0 aliphatic rings. The number of hydrogen-bond donors (Lipinski definition) is 2. The Morgan fingerprint density at radius 3 is 2.62 bits per heavy atom. The van der Waals surface area contributed by atoms with Crippen molar-refractivity contribution in [3.8, 4) is 5.75 Å². The van der Waals surface area contributed by atoms with Gasteiger partial charge >= 0.3 is 0 Å². The predicted octanol–water partition coefficient (Wildman–Crippen LogP) is 3.59. The Kier molecular flexibility index (Phi) is 9.70. The first-order valence-corrected chi connectivity index (χ1v) is 8.24. The summed E-state index contributed by atoms with van der Waals surface area (Å²) < 4.78 is 6.85. The van der Waals surface area contributed by atoms with Gasteiger partial charge in [0.2, 0.25) is 0 Å². The van der Waals surface area contributed by atoms with Gasteiger partial charge in [0, 0.05) is 13.2 Å². The summed E-state index contributed by atoms with van der Waals surface area (Å²) >= 11 is 3.48. The summed E-state index contributed by atoms with van der Waals surface area (Å²) in [5.74, 6) is 1.55. The first kappa shape index (κ1) is 20.7. The van der Waals surface area contributed by atoms with E-state index in [9.17, 15) is 0 Å². The van der Waals surface area contributed by atoms with E-state index in [2.05, 4.69) is 36.5 Å². The van der Waals surface area contributed by atoms with Gasteiger partial charge in [0.25, 0.3) is 0 Å². The zero-order valence-electron chi connectivity index (χ0n) is 13.7. The maximum Gasteiger partial charge on any atom is 0.191 e. The van der Waals surface area contributed by atoms with Crippen LogP contribution in [-0.4, -0.2) is 30.6 Å². The second kappa shape index (κ2) is 11.2. The number of guanidine groups is 1. The van der Waals surface area contributed by atoms with Crippen molar-refractivity contribution in [1.29, 1.82) is 0 Å². The maximum absolute atomic E-state index is 5.90. The molecule has 0 radical (unpaired) electrons. The number of aliphatic imine (C=N–C) groups is 1. The summed E-state index contributed by atoms with van der Waals surface area (Å²) in [7, 11) is 1.74. The van der Waals surface area contributed by atoms with Crippen LogP contribution < -0.4 is 15.4 Å². The van der Waals surface area contributed by atoms with Gasteiger partial charge in [0.05, 0.1) is 23.3 Å². The third kappa shape index (κ3) is 7.04. The molecule has 2 N–H and O–H groups in total. The molecule has 1 aromatic heterocycles. The first-order valence-electron chi connectivity index (χ1n) is 7.44. The fraction of sp³-hybridized carbons (Fsp3) is 0.294. The molecule has 0 amide bonds. The van der Waals surface area contributed by atoms with E-state index in [4.69, 9.17) is 4.74 Å². The van der Waals surface area contributed by atoms with Crippen LogP contribution in [0, 0.1) is 0 Å². The van der Waals surface area contributed by atoms with E-state index in [1.54, 1.807) is 13.2 Å². The monoisotopic (exact) mass is 504 g/mol. The van der Waals surface area contributed by atoms with Crippen LogP contribution in [0.4, 0.5) is 0 Å². The van der Waals surface area contributed by atoms with Gasteiger partial charge in [-0.15, -0.1) is 24.0 Å². The summed E-state index contributed by atoms with van der Waals surface area (Å²) in [6.07, 6.45) is 1.78. The fourth-order valence-electron chi connectivity index (χ4n) is 1.94. The van der Waals surface area contributed by atoms with Gasteiger partial charge in [-0.1, -0.05) is 18.2 Å². The van der Waals surface area contributed by atoms with Crippen molar-refractivity contribution in [2.24, 2.45) is 4.99 Å². The van der Waals surface area contributed by atoms with Gasteiger partial charge in [-0.3, -0.25) is 9.98 Å². The average Bonchev–Trinajstić information content (AvgIpc) is 2.58. The first-order chi connectivity index (χ1) is 11.2. The molecule has 2 aromatic rings. The van der Waals surface area contributed by atoms with E-state index in [1.165, 1.54) is 0 Å². The molecule has 1 unspecified atom stereocenters. The number of rotatable bonds is 6. The molecule has 0 saturated carbocycles. The molecule has 0 fully saturated rings. The van der Waals surface area contributed by atoms with Crippen molar-refractivity contribution in [2.45, 2.75) is 19.6 Å². The second-order valence-electron chi connectivity index (χ2n) is 4.99. The van der Waals surface area contributed by atoms with E-state index in [-0.39, 0.29) is 30.1 Å². The Morgan fingerprint density at radius 2 is 1.96 bits per heavy atom. The number of nitrogens with one attached hydrogen (secondary N) is 2. The summed E-state index contributed by atoms with van der Waals surface area (Å²) in [5.41, 5.74) is 0.966. The minimum Gasteiger partial charge on any atom is -0.488 e. The molecule has 1 heterocycles. The topological polar surface area (TPSA) is 58.5 Å². The number of nitrogens with zero attached hydrogens (tertiary/aromatic N) is 2. The number of pyridine rings is 1. The van der Waals surface area contributed by atoms with Crippen LogP contribution in [-0.2, 0) is 6.54 Å². The molecule has 0 aliphatic carbocycles. The number of ether oxygens (including phenoxy) is 1. The average molecular weight is 505 g/mol. The third-order valence-corrected chi connectivity index (χ3v) is 3.76. The zero-order chi connectivity index (χ0) is 16.5. The lowest BCUT2D eigenvalue weighted by Crippen LogP contribution is -2.41. The molecule has 2 rings (SSSR count). The molecule has 7 heteroatoms. The summed E-state index contributed by atoms with van der Waals surface area (Å²) in [6.45, 7) is 3.28. The Balaban J connectivity index is 0.00000288. The highest BCUT2D eigenvalue weighted by molar-refractivity contribution is 14.0. The van der Waals surface area contributed by atoms with Gasteiger partial charge < -0.3 is 15.4 Å². The third-order valence-electron chi connectivity index (χ3n) is 3.11. The molecule has 24 heavy (non-hydrogen) atoms.